The highest BCUT2D eigenvalue weighted by Gasteiger charge is 2.05. The van der Waals surface area contributed by atoms with E-state index in [2.05, 4.69) is 21.2 Å². The minimum absolute atomic E-state index is 0.0733. The van der Waals surface area contributed by atoms with Crippen LogP contribution in [0.4, 0.5) is 11.4 Å². The predicted molar refractivity (Wildman–Crippen MR) is 88.5 cm³/mol. The molecule has 0 atom stereocenters. The lowest BCUT2D eigenvalue weighted by molar-refractivity contribution is -0.116. The Kier molecular flexibility index (Phi) is 5.22. The van der Waals surface area contributed by atoms with Crippen molar-refractivity contribution in [3.63, 3.8) is 0 Å². The molecule has 0 aliphatic heterocycles. The third-order valence-corrected chi connectivity index (χ3v) is 3.43. The average molecular weight is 349 g/mol. The lowest BCUT2D eigenvalue weighted by Gasteiger charge is -2.09. The van der Waals surface area contributed by atoms with Crippen LogP contribution in [-0.4, -0.2) is 12.5 Å². The average Bonchev–Trinajstić information content (AvgIpc) is 2.44. The fraction of sp³-hybridized carbons (Fsp3) is 0.188. The number of ether oxygens (including phenoxy) is 1. The molecular formula is C16H17BrN2O2. The summed E-state index contributed by atoms with van der Waals surface area (Å²) in [6.45, 7) is 2.27. The van der Waals surface area contributed by atoms with Crippen LogP contribution in [-0.2, 0) is 4.79 Å². The Balaban J connectivity index is 1.81. The molecule has 3 N–H and O–H groups in total. The Labute approximate surface area is 132 Å². The number of nitrogen functional groups attached to an aromatic ring is 1. The second-order valence-electron chi connectivity index (χ2n) is 4.67. The lowest BCUT2D eigenvalue weighted by Crippen LogP contribution is -2.15. The zero-order chi connectivity index (χ0) is 15.2. The summed E-state index contributed by atoms with van der Waals surface area (Å²) in [5.41, 5.74) is 8.10. The molecule has 4 nitrogen and oxygen atoms in total. The van der Waals surface area contributed by atoms with Crippen molar-refractivity contribution < 1.29 is 9.53 Å². The van der Waals surface area contributed by atoms with Gasteiger partial charge in [-0.2, -0.15) is 0 Å². The van der Waals surface area contributed by atoms with Crippen molar-refractivity contribution in [2.45, 2.75) is 13.3 Å². The number of hydrogen-bond donors (Lipinski definition) is 2. The largest absolute Gasteiger partial charge is 0.493 e. The van der Waals surface area contributed by atoms with E-state index in [9.17, 15) is 4.79 Å². The first-order chi connectivity index (χ1) is 10.0. The summed E-state index contributed by atoms with van der Waals surface area (Å²) in [5.74, 6) is 0.632. The molecule has 0 fully saturated rings. The summed E-state index contributed by atoms with van der Waals surface area (Å²) < 4.78 is 6.49. The summed E-state index contributed by atoms with van der Waals surface area (Å²) >= 11 is 3.39. The number of amides is 1. The van der Waals surface area contributed by atoms with Crippen LogP contribution in [0.25, 0.3) is 0 Å². The molecule has 0 saturated heterocycles. The molecule has 1 amide bonds. The number of hydrogen-bond acceptors (Lipinski definition) is 3. The van der Waals surface area contributed by atoms with Gasteiger partial charge in [0.1, 0.15) is 5.75 Å². The molecule has 0 heterocycles. The molecule has 0 saturated carbocycles. The molecule has 2 rings (SSSR count). The number of nitrogens with two attached hydrogens (primary N) is 1. The number of benzene rings is 2. The van der Waals surface area contributed by atoms with Crippen molar-refractivity contribution in [2.24, 2.45) is 0 Å². The highest BCUT2D eigenvalue weighted by molar-refractivity contribution is 9.10. The first kappa shape index (κ1) is 15.4. The number of rotatable bonds is 5. The van der Waals surface area contributed by atoms with Gasteiger partial charge in [-0.05, 0) is 55.0 Å². The molecule has 0 bridgehead atoms. The van der Waals surface area contributed by atoms with Gasteiger partial charge in [0.2, 0.25) is 5.91 Å². The fourth-order valence-electron chi connectivity index (χ4n) is 1.81. The van der Waals surface area contributed by atoms with Gasteiger partial charge in [-0.15, -0.1) is 0 Å². The summed E-state index contributed by atoms with van der Waals surface area (Å²) in [6.07, 6.45) is 0.292. The van der Waals surface area contributed by atoms with Gasteiger partial charge in [0, 0.05) is 15.8 Å². The maximum Gasteiger partial charge on any atom is 0.227 e. The molecule has 0 aromatic heterocycles. The standard InChI is InChI=1S/C16H17BrN2O2/c1-11-10-12(17)2-7-15(11)19-16(20)8-9-21-14-5-3-13(18)4-6-14/h2-7,10H,8-9,18H2,1H3,(H,19,20). The number of carbonyl (C=O) groups is 1. The van der Waals surface area contributed by atoms with Gasteiger partial charge in [-0.25, -0.2) is 0 Å². The van der Waals surface area contributed by atoms with E-state index in [1.165, 1.54) is 0 Å². The predicted octanol–water partition coefficient (Wildman–Crippen LogP) is 3.75. The van der Waals surface area contributed by atoms with Gasteiger partial charge in [-0.3, -0.25) is 4.79 Å². The maximum absolute atomic E-state index is 11.9. The van der Waals surface area contributed by atoms with Crippen molar-refractivity contribution in [1.82, 2.24) is 0 Å². The zero-order valence-corrected chi connectivity index (χ0v) is 13.3. The van der Waals surface area contributed by atoms with E-state index in [1.54, 1.807) is 24.3 Å². The van der Waals surface area contributed by atoms with Crippen LogP contribution in [0.2, 0.25) is 0 Å². The zero-order valence-electron chi connectivity index (χ0n) is 11.7. The Bertz CT molecular complexity index is 627. The summed E-state index contributed by atoms with van der Waals surface area (Å²) in [6, 6.07) is 12.8. The van der Waals surface area contributed by atoms with Crippen LogP contribution < -0.4 is 15.8 Å². The van der Waals surface area contributed by atoms with Gasteiger partial charge < -0.3 is 15.8 Å². The van der Waals surface area contributed by atoms with Crippen LogP contribution in [0.1, 0.15) is 12.0 Å². The Morgan fingerprint density at radius 3 is 2.62 bits per heavy atom. The lowest BCUT2D eigenvalue weighted by atomic mass is 10.2. The Morgan fingerprint density at radius 2 is 1.95 bits per heavy atom. The molecule has 0 aliphatic rings. The summed E-state index contributed by atoms with van der Waals surface area (Å²) in [7, 11) is 0. The number of halogens is 1. The van der Waals surface area contributed by atoms with Gasteiger partial charge in [0.15, 0.2) is 0 Å². The third-order valence-electron chi connectivity index (χ3n) is 2.94. The second-order valence-corrected chi connectivity index (χ2v) is 5.59. The van der Waals surface area contributed by atoms with E-state index < -0.39 is 0 Å². The molecule has 21 heavy (non-hydrogen) atoms. The van der Waals surface area contributed by atoms with Crippen molar-refractivity contribution in [3.05, 3.63) is 52.5 Å². The Morgan fingerprint density at radius 1 is 1.24 bits per heavy atom. The van der Waals surface area contributed by atoms with Crippen molar-refractivity contribution in [1.29, 1.82) is 0 Å². The van der Waals surface area contributed by atoms with Gasteiger partial charge in [0.25, 0.3) is 0 Å². The Hall–Kier alpha value is -2.01. The SMILES string of the molecule is Cc1cc(Br)ccc1NC(=O)CCOc1ccc(N)cc1. The van der Waals surface area contributed by atoms with Crippen molar-refractivity contribution in [2.75, 3.05) is 17.7 Å². The number of anilines is 2. The van der Waals surface area contributed by atoms with Crippen LogP contribution >= 0.6 is 15.9 Å². The van der Waals surface area contributed by atoms with Crippen molar-refractivity contribution >= 4 is 33.2 Å². The van der Waals surface area contributed by atoms with E-state index in [1.807, 2.05) is 25.1 Å². The van der Waals surface area contributed by atoms with Crippen LogP contribution in [0.15, 0.2) is 46.9 Å². The minimum Gasteiger partial charge on any atom is -0.493 e. The maximum atomic E-state index is 11.9. The van der Waals surface area contributed by atoms with E-state index in [-0.39, 0.29) is 5.91 Å². The quantitative estimate of drug-likeness (QED) is 0.808. The van der Waals surface area contributed by atoms with E-state index in [0.717, 1.165) is 15.7 Å². The monoisotopic (exact) mass is 348 g/mol. The van der Waals surface area contributed by atoms with Gasteiger partial charge in [-0.1, -0.05) is 15.9 Å². The highest BCUT2D eigenvalue weighted by Crippen LogP contribution is 2.20. The summed E-state index contributed by atoms with van der Waals surface area (Å²) in [5, 5.41) is 2.87. The number of carbonyl (C=O) groups excluding carboxylic acids is 1. The molecule has 0 radical (unpaired) electrons. The molecule has 110 valence electrons. The van der Waals surface area contributed by atoms with Crippen LogP contribution in [0.5, 0.6) is 5.75 Å². The summed E-state index contributed by atoms with van der Waals surface area (Å²) in [4.78, 5) is 11.9. The highest BCUT2D eigenvalue weighted by atomic mass is 79.9. The molecule has 0 spiro atoms. The number of nitrogens with one attached hydrogen (secondary N) is 1. The van der Waals surface area contributed by atoms with Crippen LogP contribution in [0.3, 0.4) is 0 Å². The van der Waals surface area contributed by atoms with E-state index in [0.29, 0.717) is 24.5 Å². The molecule has 5 heteroatoms. The van der Waals surface area contributed by atoms with Gasteiger partial charge in [0.05, 0.1) is 13.0 Å². The van der Waals surface area contributed by atoms with E-state index in [4.69, 9.17) is 10.5 Å². The fourth-order valence-corrected chi connectivity index (χ4v) is 2.28. The molecule has 2 aromatic rings. The van der Waals surface area contributed by atoms with Crippen LogP contribution in [0, 0.1) is 6.92 Å². The topological polar surface area (TPSA) is 64.3 Å². The smallest absolute Gasteiger partial charge is 0.227 e. The minimum atomic E-state index is -0.0733. The molecule has 2 aromatic carbocycles. The molecular weight excluding hydrogens is 332 g/mol. The molecule has 0 aliphatic carbocycles. The third kappa shape index (κ3) is 4.79. The molecule has 0 unspecified atom stereocenters. The normalized spacial score (nSPS) is 10.2. The first-order valence-corrected chi connectivity index (χ1v) is 7.38. The first-order valence-electron chi connectivity index (χ1n) is 6.59. The van der Waals surface area contributed by atoms with E-state index >= 15 is 0 Å². The second kappa shape index (κ2) is 7.13. The number of aryl methyl sites for hydroxylation is 1. The van der Waals surface area contributed by atoms with Crippen molar-refractivity contribution in [3.8, 4) is 5.75 Å². The van der Waals surface area contributed by atoms with Gasteiger partial charge >= 0.3 is 0 Å².